The lowest BCUT2D eigenvalue weighted by atomic mass is 10.1. The molecule has 0 aliphatic heterocycles. The van der Waals surface area contributed by atoms with Crippen molar-refractivity contribution in [3.05, 3.63) is 12.7 Å². The largest absolute Gasteiger partial charge is 0.454 e. The maximum atomic E-state index is 10.7. The number of rotatable bonds is 5. The molecule has 6 heteroatoms. The van der Waals surface area contributed by atoms with Gasteiger partial charge in [0.15, 0.2) is 0 Å². The van der Waals surface area contributed by atoms with E-state index in [1.165, 1.54) is 0 Å². The van der Waals surface area contributed by atoms with E-state index in [0.29, 0.717) is 0 Å². The first-order valence-electron chi connectivity index (χ1n) is 3.47. The van der Waals surface area contributed by atoms with E-state index in [9.17, 15) is 9.00 Å². The van der Waals surface area contributed by atoms with Gasteiger partial charge in [0.1, 0.15) is 12.2 Å². The molecule has 0 saturated carbocycles. The van der Waals surface area contributed by atoms with Crippen LogP contribution in [-0.2, 0) is 25.1 Å². The first kappa shape index (κ1) is 12.3. The van der Waals surface area contributed by atoms with Crippen molar-refractivity contribution in [1.29, 1.82) is 0 Å². The van der Waals surface area contributed by atoms with Gasteiger partial charge in [-0.15, -0.1) is 0 Å². The fourth-order valence-corrected chi connectivity index (χ4v) is 0.920. The Hall–Kier alpha value is -0.720. The van der Waals surface area contributed by atoms with Crippen molar-refractivity contribution in [2.24, 2.45) is 0 Å². The summed E-state index contributed by atoms with van der Waals surface area (Å²) in [5, 5.41) is 0. The molecule has 76 valence electrons. The average Bonchev–Trinajstić information content (AvgIpc) is 2.00. The van der Waals surface area contributed by atoms with Crippen LogP contribution in [0.15, 0.2) is 12.7 Å². The summed E-state index contributed by atoms with van der Waals surface area (Å²) in [4.78, 5) is 10.7. The maximum absolute atomic E-state index is 10.7. The molecule has 0 aliphatic carbocycles. The quantitative estimate of drug-likeness (QED) is 0.408. The van der Waals surface area contributed by atoms with Crippen LogP contribution in [0.1, 0.15) is 13.8 Å². The fraction of sp³-hybridized carbons (Fsp3) is 0.571. The molecule has 0 bridgehead atoms. The molecule has 0 spiro atoms. The van der Waals surface area contributed by atoms with Crippen LogP contribution in [0, 0.1) is 0 Å². The van der Waals surface area contributed by atoms with E-state index < -0.39 is 22.9 Å². The zero-order valence-corrected chi connectivity index (χ0v) is 8.30. The van der Waals surface area contributed by atoms with E-state index in [0.717, 1.165) is 6.08 Å². The highest BCUT2D eigenvalue weighted by Crippen LogP contribution is 2.10. The van der Waals surface area contributed by atoms with Crippen molar-refractivity contribution < 1.29 is 22.5 Å². The Morgan fingerprint density at radius 2 is 2.23 bits per heavy atom. The third-order valence-electron chi connectivity index (χ3n) is 1.05. The van der Waals surface area contributed by atoms with Crippen LogP contribution in [0.3, 0.4) is 0 Å². The van der Waals surface area contributed by atoms with E-state index in [2.05, 4.69) is 10.8 Å². The van der Waals surface area contributed by atoms with Gasteiger partial charge in [0.2, 0.25) is 0 Å². The number of carbonyl (C=O) groups excluding carboxylic acids is 1. The van der Waals surface area contributed by atoms with Crippen molar-refractivity contribution in [2.45, 2.75) is 19.4 Å². The summed E-state index contributed by atoms with van der Waals surface area (Å²) in [5.41, 5.74) is -0.941. The number of hydrogen-bond acceptors (Lipinski definition) is 4. The fourth-order valence-electron chi connectivity index (χ4n) is 0.536. The Balaban J connectivity index is 3.99. The molecule has 13 heavy (non-hydrogen) atoms. The van der Waals surface area contributed by atoms with Gasteiger partial charge in [-0.2, -0.15) is 4.21 Å². The van der Waals surface area contributed by atoms with E-state index in [4.69, 9.17) is 9.29 Å². The highest BCUT2D eigenvalue weighted by Gasteiger charge is 2.23. The van der Waals surface area contributed by atoms with Gasteiger partial charge in [0, 0.05) is 6.08 Å². The Morgan fingerprint density at radius 3 is 2.62 bits per heavy atom. The zero-order valence-electron chi connectivity index (χ0n) is 7.48. The standard InChI is InChI=1S/C7H12O5S/c1-4-6(8)12-7(2,3)5-11-13(9)10/h4H,1,5H2,2-3H3,(H,9,10). The molecule has 1 atom stereocenters. The minimum Gasteiger partial charge on any atom is -0.454 e. The minimum atomic E-state index is -2.35. The van der Waals surface area contributed by atoms with Crippen LogP contribution in [0.25, 0.3) is 0 Å². The summed E-state index contributed by atoms with van der Waals surface area (Å²) in [7, 11) is 0. The first-order valence-corrected chi connectivity index (χ1v) is 4.50. The Bertz CT molecular complexity index is 223. The molecule has 0 heterocycles. The van der Waals surface area contributed by atoms with Gasteiger partial charge >= 0.3 is 17.3 Å². The lowest BCUT2D eigenvalue weighted by Crippen LogP contribution is -2.33. The molecule has 0 radical (unpaired) electrons. The summed E-state index contributed by atoms with van der Waals surface area (Å²) >= 11 is -2.35. The van der Waals surface area contributed by atoms with Gasteiger partial charge in [0.25, 0.3) is 0 Å². The molecule has 0 aliphatic rings. The second-order valence-electron chi connectivity index (χ2n) is 2.86. The number of ether oxygens (including phenoxy) is 1. The normalized spacial score (nSPS) is 13.5. The lowest BCUT2D eigenvalue weighted by Gasteiger charge is -2.22. The molecule has 0 fully saturated rings. The van der Waals surface area contributed by atoms with E-state index in [1.807, 2.05) is 0 Å². The highest BCUT2D eigenvalue weighted by atomic mass is 32.2. The predicted molar refractivity (Wildman–Crippen MR) is 47.1 cm³/mol. The summed E-state index contributed by atoms with van der Waals surface area (Å²) < 4.78 is 27.6. The van der Waals surface area contributed by atoms with Crippen LogP contribution in [0.4, 0.5) is 0 Å². The van der Waals surface area contributed by atoms with Crippen molar-refractivity contribution in [3.63, 3.8) is 0 Å². The molecule has 0 saturated heterocycles. The van der Waals surface area contributed by atoms with Gasteiger partial charge in [-0.05, 0) is 13.8 Å². The first-order chi connectivity index (χ1) is 5.87. The second-order valence-corrected chi connectivity index (χ2v) is 3.53. The molecule has 0 aromatic rings. The molecule has 1 unspecified atom stereocenters. The van der Waals surface area contributed by atoms with Crippen LogP contribution < -0.4 is 0 Å². The lowest BCUT2D eigenvalue weighted by molar-refractivity contribution is -0.152. The van der Waals surface area contributed by atoms with E-state index in [1.54, 1.807) is 13.8 Å². The van der Waals surface area contributed by atoms with Crippen LogP contribution >= 0.6 is 0 Å². The van der Waals surface area contributed by atoms with Crippen LogP contribution in [0.5, 0.6) is 0 Å². The highest BCUT2D eigenvalue weighted by molar-refractivity contribution is 7.74. The Labute approximate surface area is 79.2 Å². The van der Waals surface area contributed by atoms with Crippen molar-refractivity contribution in [3.8, 4) is 0 Å². The second kappa shape index (κ2) is 5.11. The van der Waals surface area contributed by atoms with Crippen molar-refractivity contribution >= 4 is 17.3 Å². The monoisotopic (exact) mass is 208 g/mol. The van der Waals surface area contributed by atoms with Gasteiger partial charge in [-0.25, -0.2) is 4.79 Å². The molecule has 0 amide bonds. The number of hydrogen-bond donors (Lipinski definition) is 1. The van der Waals surface area contributed by atoms with Gasteiger partial charge in [-0.3, -0.25) is 8.74 Å². The molecule has 1 N–H and O–H groups in total. The molecular formula is C7H12O5S. The minimum absolute atomic E-state index is 0.157. The molecular weight excluding hydrogens is 196 g/mol. The van der Waals surface area contributed by atoms with Crippen molar-refractivity contribution in [1.82, 2.24) is 0 Å². The van der Waals surface area contributed by atoms with Gasteiger partial charge < -0.3 is 4.74 Å². The van der Waals surface area contributed by atoms with E-state index in [-0.39, 0.29) is 6.61 Å². The summed E-state index contributed by atoms with van der Waals surface area (Å²) in [6, 6.07) is 0. The summed E-state index contributed by atoms with van der Waals surface area (Å²) in [5.74, 6) is -0.600. The van der Waals surface area contributed by atoms with Crippen molar-refractivity contribution in [2.75, 3.05) is 6.61 Å². The van der Waals surface area contributed by atoms with Crippen LogP contribution in [-0.4, -0.2) is 26.9 Å². The molecule has 0 rings (SSSR count). The maximum Gasteiger partial charge on any atom is 0.330 e. The molecule has 0 aromatic carbocycles. The average molecular weight is 208 g/mol. The third kappa shape index (κ3) is 6.44. The summed E-state index contributed by atoms with van der Waals surface area (Å²) in [6.45, 7) is 6.17. The Morgan fingerprint density at radius 1 is 1.69 bits per heavy atom. The number of esters is 1. The topological polar surface area (TPSA) is 72.8 Å². The SMILES string of the molecule is C=CC(=O)OC(C)(C)COS(=O)O. The predicted octanol–water partition coefficient (Wildman–Crippen LogP) is 0.648. The third-order valence-corrected chi connectivity index (χ3v) is 1.37. The molecule has 5 nitrogen and oxygen atoms in total. The van der Waals surface area contributed by atoms with E-state index >= 15 is 0 Å². The number of carbonyl (C=O) groups is 1. The smallest absolute Gasteiger partial charge is 0.330 e. The van der Waals surface area contributed by atoms with Crippen LogP contribution in [0.2, 0.25) is 0 Å². The Kier molecular flexibility index (Phi) is 4.82. The summed E-state index contributed by atoms with van der Waals surface area (Å²) in [6.07, 6.45) is 1.01. The molecule has 0 aromatic heterocycles. The van der Waals surface area contributed by atoms with Gasteiger partial charge in [-0.1, -0.05) is 6.58 Å². The van der Waals surface area contributed by atoms with Gasteiger partial charge in [0.05, 0.1) is 0 Å². The zero-order chi connectivity index (χ0) is 10.5.